The first kappa shape index (κ1) is 59.3. The van der Waals surface area contributed by atoms with Gasteiger partial charge in [-0.25, -0.2) is 0 Å². The first-order valence-corrected chi connectivity index (χ1v) is 27.1. The number of allylic oxidation sites excluding steroid dienone is 3. The second-order valence-electron chi connectivity index (χ2n) is 18.6. The summed E-state index contributed by atoms with van der Waals surface area (Å²) in [5, 5.41) is 23.1. The third kappa shape index (κ3) is 47.7. The molecule has 61 heavy (non-hydrogen) atoms. The Bertz CT molecular complexity index is 951. The summed E-state index contributed by atoms with van der Waals surface area (Å²) >= 11 is 0. The number of hydrogen-bond donors (Lipinski definition) is 3. The topological polar surface area (TPSA) is 95.9 Å². The van der Waals surface area contributed by atoms with Gasteiger partial charge in [-0.2, -0.15) is 0 Å². The molecular weight excluding hydrogens is 755 g/mol. The van der Waals surface area contributed by atoms with Gasteiger partial charge in [0.25, 0.3) is 0 Å². The van der Waals surface area contributed by atoms with Crippen molar-refractivity contribution in [3.05, 3.63) is 24.3 Å². The molecule has 0 aromatic carbocycles. The Morgan fingerprint density at radius 2 is 0.770 bits per heavy atom. The van der Waals surface area contributed by atoms with Crippen LogP contribution in [0.15, 0.2) is 24.3 Å². The van der Waals surface area contributed by atoms with Crippen molar-refractivity contribution < 1.29 is 24.5 Å². The number of ether oxygens (including phenoxy) is 1. The van der Waals surface area contributed by atoms with E-state index in [4.69, 9.17) is 4.74 Å². The van der Waals surface area contributed by atoms with Gasteiger partial charge in [-0.05, 0) is 57.8 Å². The Hall–Kier alpha value is -1.66. The Labute approximate surface area is 380 Å². The van der Waals surface area contributed by atoms with Crippen LogP contribution in [0.5, 0.6) is 0 Å². The molecule has 0 aliphatic carbocycles. The molecule has 2 atom stereocenters. The molecule has 0 aromatic rings. The van der Waals surface area contributed by atoms with Gasteiger partial charge in [0.15, 0.2) is 0 Å². The number of hydrogen-bond acceptors (Lipinski definition) is 5. The number of amides is 1. The largest absolute Gasteiger partial charge is 0.466 e. The normalized spacial score (nSPS) is 12.8. The van der Waals surface area contributed by atoms with E-state index >= 15 is 0 Å². The van der Waals surface area contributed by atoms with Crippen LogP contribution in [0.25, 0.3) is 0 Å². The molecule has 6 heteroatoms. The third-order valence-corrected chi connectivity index (χ3v) is 12.5. The van der Waals surface area contributed by atoms with Crippen molar-refractivity contribution in [1.29, 1.82) is 0 Å². The van der Waals surface area contributed by atoms with E-state index in [1.165, 1.54) is 218 Å². The van der Waals surface area contributed by atoms with E-state index in [0.29, 0.717) is 19.4 Å². The Morgan fingerprint density at radius 1 is 0.443 bits per heavy atom. The molecule has 1 amide bonds. The summed E-state index contributed by atoms with van der Waals surface area (Å²) in [6.45, 7) is 4.87. The predicted octanol–water partition coefficient (Wildman–Crippen LogP) is 16.3. The number of esters is 1. The summed E-state index contributed by atoms with van der Waals surface area (Å²) in [5.74, 6) is -0.0756. The number of carbonyl (C=O) groups is 2. The highest BCUT2D eigenvalue weighted by atomic mass is 16.5. The summed E-state index contributed by atoms with van der Waals surface area (Å²) in [6.07, 6.45) is 60.4. The lowest BCUT2D eigenvalue weighted by Gasteiger charge is -2.20. The molecule has 0 radical (unpaired) electrons. The minimum atomic E-state index is -0.846. The second-order valence-corrected chi connectivity index (χ2v) is 18.6. The number of aliphatic hydroxyl groups excluding tert-OH is 2. The summed E-state index contributed by atoms with van der Waals surface area (Å²) < 4.78 is 5.45. The fourth-order valence-corrected chi connectivity index (χ4v) is 8.27. The Balaban J connectivity index is 3.44. The lowest BCUT2D eigenvalue weighted by atomic mass is 10.0. The molecule has 0 aliphatic heterocycles. The molecule has 0 saturated carbocycles. The number of nitrogens with one attached hydrogen (secondary N) is 1. The van der Waals surface area contributed by atoms with E-state index < -0.39 is 12.1 Å². The third-order valence-electron chi connectivity index (χ3n) is 12.5. The van der Waals surface area contributed by atoms with Gasteiger partial charge in [-0.15, -0.1) is 0 Å². The number of rotatable bonds is 50. The zero-order valence-corrected chi connectivity index (χ0v) is 40.9. The molecule has 0 heterocycles. The van der Waals surface area contributed by atoms with E-state index in [0.717, 1.165) is 44.9 Å². The van der Waals surface area contributed by atoms with Gasteiger partial charge in [0.05, 0.1) is 25.4 Å². The summed E-state index contributed by atoms with van der Waals surface area (Å²) in [6, 6.07) is -0.630. The molecule has 0 spiro atoms. The van der Waals surface area contributed by atoms with Crippen molar-refractivity contribution >= 4 is 11.9 Å². The van der Waals surface area contributed by atoms with E-state index in [-0.39, 0.29) is 18.5 Å². The van der Waals surface area contributed by atoms with Crippen LogP contribution in [-0.4, -0.2) is 47.4 Å². The smallest absolute Gasteiger partial charge is 0.305 e. The van der Waals surface area contributed by atoms with Gasteiger partial charge >= 0.3 is 5.97 Å². The lowest BCUT2D eigenvalue weighted by molar-refractivity contribution is -0.143. The Morgan fingerprint density at radius 3 is 1.20 bits per heavy atom. The minimum Gasteiger partial charge on any atom is -0.466 e. The molecule has 360 valence electrons. The van der Waals surface area contributed by atoms with E-state index in [1.54, 1.807) is 6.08 Å². The summed E-state index contributed by atoms with van der Waals surface area (Å²) in [5.41, 5.74) is 0. The van der Waals surface area contributed by atoms with Gasteiger partial charge in [-0.1, -0.05) is 244 Å². The molecule has 0 rings (SSSR count). The van der Waals surface area contributed by atoms with Gasteiger partial charge in [-0.3, -0.25) is 9.59 Å². The first-order valence-electron chi connectivity index (χ1n) is 27.1. The maximum atomic E-state index is 12.4. The van der Waals surface area contributed by atoms with Crippen LogP contribution in [0.3, 0.4) is 0 Å². The highest BCUT2D eigenvalue weighted by Gasteiger charge is 2.18. The molecule has 6 nitrogen and oxygen atoms in total. The van der Waals surface area contributed by atoms with Gasteiger partial charge in [0.2, 0.25) is 5.91 Å². The Kier molecular flexibility index (Phi) is 49.6. The van der Waals surface area contributed by atoms with Crippen LogP contribution in [-0.2, 0) is 14.3 Å². The standard InChI is InChI=1S/C55H105NO5/c1-3-5-7-9-11-13-15-17-24-27-31-35-39-43-47-53(58)52(51-57)56-54(59)48-44-40-36-32-28-25-22-20-18-19-21-23-26-30-34-38-42-46-50-61-55(60)49-45-41-37-33-29-16-14-12-10-8-6-4-2/h12,14,43,47,52-53,57-58H,3-11,13,15-42,44-46,48-51H2,1-2H3,(H,56,59)/b14-12-,47-43+. The van der Waals surface area contributed by atoms with Crippen molar-refractivity contribution in [3.63, 3.8) is 0 Å². The highest BCUT2D eigenvalue weighted by Crippen LogP contribution is 2.16. The summed E-state index contributed by atoms with van der Waals surface area (Å²) in [7, 11) is 0. The van der Waals surface area contributed by atoms with Crippen molar-refractivity contribution in [2.75, 3.05) is 13.2 Å². The van der Waals surface area contributed by atoms with Crippen LogP contribution in [0.1, 0.15) is 290 Å². The first-order chi connectivity index (χ1) is 30.0. The zero-order chi connectivity index (χ0) is 44.4. The molecule has 0 fully saturated rings. The van der Waals surface area contributed by atoms with Gasteiger partial charge < -0.3 is 20.3 Å². The van der Waals surface area contributed by atoms with Crippen LogP contribution in [0.4, 0.5) is 0 Å². The van der Waals surface area contributed by atoms with E-state index in [9.17, 15) is 19.8 Å². The molecule has 0 aromatic heterocycles. The maximum absolute atomic E-state index is 12.4. The van der Waals surface area contributed by atoms with Gasteiger partial charge in [0, 0.05) is 12.8 Å². The molecule has 0 bridgehead atoms. The van der Waals surface area contributed by atoms with Crippen molar-refractivity contribution in [2.24, 2.45) is 0 Å². The molecular formula is C55H105NO5. The fraction of sp³-hybridized carbons (Fsp3) is 0.891. The number of aliphatic hydroxyl groups is 2. The summed E-state index contributed by atoms with van der Waals surface area (Å²) in [4.78, 5) is 24.4. The SMILES string of the molecule is CCCCC/C=C\CCCCCCCC(=O)OCCCCCCCCCCCCCCCCCCCCC(=O)NC(CO)C(O)/C=C/CCCCCCCCCCCCCC. The van der Waals surface area contributed by atoms with Crippen molar-refractivity contribution in [2.45, 2.75) is 302 Å². The van der Waals surface area contributed by atoms with E-state index in [2.05, 4.69) is 31.3 Å². The van der Waals surface area contributed by atoms with Crippen molar-refractivity contribution in [1.82, 2.24) is 5.32 Å². The van der Waals surface area contributed by atoms with Gasteiger partial charge in [0.1, 0.15) is 0 Å². The quantitative estimate of drug-likeness (QED) is 0.0322. The molecule has 0 saturated heterocycles. The number of carbonyl (C=O) groups excluding carboxylic acids is 2. The fourth-order valence-electron chi connectivity index (χ4n) is 8.27. The number of unbranched alkanes of at least 4 members (excludes halogenated alkanes) is 37. The van der Waals surface area contributed by atoms with Crippen molar-refractivity contribution in [3.8, 4) is 0 Å². The zero-order valence-electron chi connectivity index (χ0n) is 40.9. The predicted molar refractivity (Wildman–Crippen MR) is 264 cm³/mol. The average molecular weight is 860 g/mol. The van der Waals surface area contributed by atoms with Crippen LogP contribution in [0, 0.1) is 0 Å². The average Bonchev–Trinajstić information content (AvgIpc) is 3.26. The maximum Gasteiger partial charge on any atom is 0.305 e. The second kappa shape index (κ2) is 51.0. The molecule has 0 aliphatic rings. The van der Waals surface area contributed by atoms with Crippen LogP contribution in [0.2, 0.25) is 0 Å². The highest BCUT2D eigenvalue weighted by molar-refractivity contribution is 5.76. The van der Waals surface area contributed by atoms with Crippen LogP contribution < -0.4 is 5.32 Å². The molecule has 2 unspecified atom stereocenters. The monoisotopic (exact) mass is 860 g/mol. The lowest BCUT2D eigenvalue weighted by Crippen LogP contribution is -2.45. The minimum absolute atomic E-state index is 0.00380. The van der Waals surface area contributed by atoms with E-state index in [1.807, 2.05) is 6.08 Å². The van der Waals surface area contributed by atoms with Crippen LogP contribution >= 0.6 is 0 Å². The molecule has 3 N–H and O–H groups in total.